The van der Waals surface area contributed by atoms with Gasteiger partial charge < -0.3 is 11.1 Å². The molecule has 3 N–H and O–H groups in total. The zero-order chi connectivity index (χ0) is 12.8. The third-order valence-corrected chi connectivity index (χ3v) is 2.80. The van der Waals surface area contributed by atoms with Crippen LogP contribution in [-0.2, 0) is 10.8 Å². The molecule has 9 heteroatoms. The quantitative estimate of drug-likeness (QED) is 0.423. The predicted octanol–water partition coefficient (Wildman–Crippen LogP) is 0.148. The van der Waals surface area contributed by atoms with Crippen LogP contribution in [0.4, 0.5) is 17.3 Å². The lowest BCUT2D eigenvalue weighted by atomic mass is 10.4. The van der Waals surface area contributed by atoms with Gasteiger partial charge in [-0.3, -0.25) is 14.3 Å². The number of nitrogens with zero attached hydrogens (tertiary/aromatic N) is 3. The van der Waals surface area contributed by atoms with Crippen LogP contribution in [0.25, 0.3) is 0 Å². The van der Waals surface area contributed by atoms with Crippen LogP contribution in [0.3, 0.4) is 0 Å². The van der Waals surface area contributed by atoms with E-state index in [0.29, 0.717) is 18.7 Å². The van der Waals surface area contributed by atoms with Gasteiger partial charge in [-0.25, -0.2) is 9.97 Å². The Morgan fingerprint density at radius 1 is 1.59 bits per heavy atom. The van der Waals surface area contributed by atoms with E-state index in [1.165, 1.54) is 0 Å². The third-order valence-electron chi connectivity index (χ3n) is 1.93. The van der Waals surface area contributed by atoms with Gasteiger partial charge in [0.1, 0.15) is 6.33 Å². The lowest BCUT2D eigenvalue weighted by Crippen LogP contribution is -2.10. The molecular weight excluding hydrogens is 246 g/mol. The standard InChI is InChI=1S/C8H13N5O3S/c1-17(16)4-2-3-10-8-6(13(14)15)7(9)11-5-12-8/h5H,2-4H2,1H3,(H3,9,10,11,12). The van der Waals surface area contributed by atoms with E-state index in [1.807, 2.05) is 0 Å². The third kappa shape index (κ3) is 3.94. The Kier molecular flexibility index (Phi) is 4.76. The van der Waals surface area contributed by atoms with E-state index in [4.69, 9.17) is 5.73 Å². The average molecular weight is 259 g/mol. The van der Waals surface area contributed by atoms with Crippen molar-refractivity contribution >= 4 is 28.1 Å². The first-order chi connectivity index (χ1) is 8.02. The highest BCUT2D eigenvalue weighted by Crippen LogP contribution is 2.25. The summed E-state index contributed by atoms with van der Waals surface area (Å²) in [6.07, 6.45) is 3.39. The zero-order valence-corrected chi connectivity index (χ0v) is 10.1. The SMILES string of the molecule is CS(=O)CCCNc1ncnc(N)c1[N+](=O)[O-]. The van der Waals surface area contributed by atoms with E-state index in [1.54, 1.807) is 6.26 Å². The summed E-state index contributed by atoms with van der Waals surface area (Å²) in [4.78, 5) is 17.4. The van der Waals surface area contributed by atoms with Crippen molar-refractivity contribution in [3.05, 3.63) is 16.4 Å². The number of nitrogens with two attached hydrogens (primary N) is 1. The molecule has 1 unspecified atom stereocenters. The number of hydrogen-bond donors (Lipinski definition) is 2. The smallest absolute Gasteiger partial charge is 0.352 e. The maximum absolute atomic E-state index is 10.8. The highest BCUT2D eigenvalue weighted by atomic mass is 32.2. The van der Waals surface area contributed by atoms with Crippen molar-refractivity contribution < 1.29 is 9.13 Å². The van der Waals surface area contributed by atoms with E-state index >= 15 is 0 Å². The molecule has 0 amide bonds. The maximum atomic E-state index is 10.8. The number of nitrogens with one attached hydrogen (secondary N) is 1. The van der Waals surface area contributed by atoms with Crippen LogP contribution in [-0.4, -0.2) is 37.7 Å². The molecular formula is C8H13N5O3S. The molecule has 0 saturated carbocycles. The molecule has 1 atom stereocenters. The number of aromatic nitrogens is 2. The molecule has 0 spiro atoms. The summed E-state index contributed by atoms with van der Waals surface area (Å²) in [6.45, 7) is 0.441. The fraction of sp³-hybridized carbons (Fsp3) is 0.500. The molecule has 1 aromatic heterocycles. The topological polar surface area (TPSA) is 124 Å². The first-order valence-electron chi connectivity index (χ1n) is 4.81. The van der Waals surface area contributed by atoms with Gasteiger partial charge in [-0.05, 0) is 6.42 Å². The molecule has 1 heterocycles. The van der Waals surface area contributed by atoms with Gasteiger partial charge in [0.05, 0.1) is 4.92 Å². The Morgan fingerprint density at radius 3 is 2.88 bits per heavy atom. The molecule has 0 aliphatic rings. The van der Waals surface area contributed by atoms with Gasteiger partial charge in [0, 0.05) is 29.4 Å². The van der Waals surface area contributed by atoms with Gasteiger partial charge in [0.15, 0.2) is 0 Å². The molecule has 0 aliphatic heterocycles. The summed E-state index contributed by atoms with van der Waals surface area (Å²) in [5.74, 6) is 0.442. The highest BCUT2D eigenvalue weighted by Gasteiger charge is 2.20. The van der Waals surface area contributed by atoms with Gasteiger partial charge in [-0.2, -0.15) is 0 Å². The van der Waals surface area contributed by atoms with Crippen LogP contribution < -0.4 is 11.1 Å². The Bertz CT molecular complexity index is 439. The second-order valence-corrected chi connectivity index (χ2v) is 4.83. The molecule has 0 radical (unpaired) electrons. The Balaban J connectivity index is 2.67. The summed E-state index contributed by atoms with van der Waals surface area (Å²) < 4.78 is 10.8. The maximum Gasteiger partial charge on any atom is 0.352 e. The minimum atomic E-state index is -0.873. The molecule has 0 aliphatic carbocycles. The molecule has 1 rings (SSSR count). The Morgan fingerprint density at radius 2 is 2.29 bits per heavy atom. The van der Waals surface area contributed by atoms with Crippen molar-refractivity contribution in [1.82, 2.24) is 9.97 Å². The van der Waals surface area contributed by atoms with Crippen LogP contribution in [0.5, 0.6) is 0 Å². The largest absolute Gasteiger partial charge is 0.378 e. The normalized spacial score (nSPS) is 12.1. The van der Waals surface area contributed by atoms with Crippen molar-refractivity contribution in [2.45, 2.75) is 6.42 Å². The van der Waals surface area contributed by atoms with Crippen LogP contribution in [0, 0.1) is 10.1 Å². The number of rotatable bonds is 6. The monoisotopic (exact) mass is 259 g/mol. The van der Waals surface area contributed by atoms with E-state index < -0.39 is 15.7 Å². The average Bonchev–Trinajstić information content (AvgIpc) is 2.23. The Hall–Kier alpha value is -1.77. The molecule has 17 heavy (non-hydrogen) atoms. The molecule has 0 saturated heterocycles. The first kappa shape index (κ1) is 13.3. The van der Waals surface area contributed by atoms with Gasteiger partial charge in [-0.15, -0.1) is 0 Å². The molecule has 94 valence electrons. The van der Waals surface area contributed by atoms with Crippen molar-refractivity contribution in [2.24, 2.45) is 0 Å². The summed E-state index contributed by atoms with van der Waals surface area (Å²) in [7, 11) is -0.873. The molecule has 8 nitrogen and oxygen atoms in total. The molecule has 0 aromatic carbocycles. The van der Waals surface area contributed by atoms with Crippen LogP contribution >= 0.6 is 0 Å². The zero-order valence-electron chi connectivity index (χ0n) is 9.25. The van der Waals surface area contributed by atoms with Crippen LogP contribution in [0.2, 0.25) is 0 Å². The second kappa shape index (κ2) is 6.09. The van der Waals surface area contributed by atoms with E-state index in [-0.39, 0.29) is 17.3 Å². The highest BCUT2D eigenvalue weighted by molar-refractivity contribution is 7.84. The van der Waals surface area contributed by atoms with Gasteiger partial charge in [-0.1, -0.05) is 0 Å². The first-order valence-corrected chi connectivity index (χ1v) is 6.54. The van der Waals surface area contributed by atoms with E-state index in [2.05, 4.69) is 15.3 Å². The number of nitrogen functional groups attached to an aromatic ring is 1. The van der Waals surface area contributed by atoms with E-state index in [9.17, 15) is 14.3 Å². The molecule has 0 fully saturated rings. The van der Waals surface area contributed by atoms with Crippen LogP contribution in [0.1, 0.15) is 6.42 Å². The number of nitro groups is 1. The van der Waals surface area contributed by atoms with Gasteiger partial charge in [0.2, 0.25) is 11.6 Å². The minimum absolute atomic E-state index is 0.0874. The van der Waals surface area contributed by atoms with Crippen molar-refractivity contribution in [3.8, 4) is 0 Å². The summed E-state index contributed by atoms with van der Waals surface area (Å²) in [5.41, 5.74) is 5.06. The second-order valence-electron chi connectivity index (χ2n) is 3.27. The number of anilines is 2. The lowest BCUT2D eigenvalue weighted by Gasteiger charge is -2.05. The van der Waals surface area contributed by atoms with Crippen molar-refractivity contribution in [3.63, 3.8) is 0 Å². The Labute approximate surface area is 100 Å². The molecule has 1 aromatic rings. The predicted molar refractivity (Wildman–Crippen MR) is 65.1 cm³/mol. The fourth-order valence-electron chi connectivity index (χ4n) is 1.18. The van der Waals surface area contributed by atoms with Crippen molar-refractivity contribution in [1.29, 1.82) is 0 Å². The van der Waals surface area contributed by atoms with Crippen LogP contribution in [0.15, 0.2) is 6.33 Å². The summed E-state index contributed by atoms with van der Waals surface area (Å²) >= 11 is 0. The van der Waals surface area contributed by atoms with Gasteiger partial charge in [0.25, 0.3) is 0 Å². The van der Waals surface area contributed by atoms with Crippen molar-refractivity contribution in [2.75, 3.05) is 29.6 Å². The lowest BCUT2D eigenvalue weighted by molar-refractivity contribution is -0.383. The van der Waals surface area contributed by atoms with E-state index in [0.717, 1.165) is 6.33 Å². The molecule has 0 bridgehead atoms. The number of hydrogen-bond acceptors (Lipinski definition) is 7. The summed E-state index contributed by atoms with van der Waals surface area (Å²) in [5, 5.41) is 13.5. The minimum Gasteiger partial charge on any atom is -0.378 e. The summed E-state index contributed by atoms with van der Waals surface area (Å²) in [6, 6.07) is 0. The fourth-order valence-corrected chi connectivity index (χ4v) is 1.73. The van der Waals surface area contributed by atoms with Gasteiger partial charge >= 0.3 is 5.69 Å².